The van der Waals surface area contributed by atoms with E-state index in [0.29, 0.717) is 18.1 Å². The average molecular weight is 392 g/mol. The number of ether oxygens (including phenoxy) is 3. The number of para-hydroxylation sites is 1. The summed E-state index contributed by atoms with van der Waals surface area (Å²) in [6.45, 7) is 4.67. The molecule has 4 aliphatic rings. The number of carbonyl (C=O) groups excluding carboxylic acids is 1. The number of nitrogens with zero attached hydrogens (tertiary/aromatic N) is 2. The molecule has 6 rings (SSSR count). The molecule has 29 heavy (non-hydrogen) atoms. The van der Waals surface area contributed by atoms with Crippen LogP contribution in [0.25, 0.3) is 0 Å². The van der Waals surface area contributed by atoms with Crippen molar-refractivity contribution in [3.8, 4) is 17.2 Å². The van der Waals surface area contributed by atoms with E-state index in [2.05, 4.69) is 17.0 Å². The van der Waals surface area contributed by atoms with E-state index < -0.39 is 5.41 Å². The Labute approximate surface area is 170 Å². The number of anilines is 1. The second-order valence-electron chi connectivity index (χ2n) is 8.27. The molecule has 4 heterocycles. The Kier molecular flexibility index (Phi) is 3.78. The van der Waals surface area contributed by atoms with E-state index >= 15 is 0 Å². The fourth-order valence-electron chi connectivity index (χ4n) is 5.25. The molecule has 4 aliphatic heterocycles. The van der Waals surface area contributed by atoms with Crippen molar-refractivity contribution in [2.75, 3.05) is 44.5 Å². The second-order valence-corrected chi connectivity index (χ2v) is 8.27. The Bertz CT molecular complexity index is 985. The number of amides is 1. The minimum atomic E-state index is -0.791. The van der Waals surface area contributed by atoms with Crippen LogP contribution < -0.4 is 19.1 Å². The summed E-state index contributed by atoms with van der Waals surface area (Å²) in [6.07, 6.45) is 3.56. The van der Waals surface area contributed by atoms with Gasteiger partial charge in [0.2, 0.25) is 12.7 Å². The van der Waals surface area contributed by atoms with Gasteiger partial charge < -0.3 is 24.0 Å². The first-order valence-electron chi connectivity index (χ1n) is 10.5. The highest BCUT2D eigenvalue weighted by Gasteiger charge is 2.57. The van der Waals surface area contributed by atoms with Crippen molar-refractivity contribution < 1.29 is 19.0 Å². The predicted octanol–water partition coefficient (Wildman–Crippen LogP) is 2.93. The molecule has 6 nitrogen and oxygen atoms in total. The van der Waals surface area contributed by atoms with E-state index in [1.165, 1.54) is 25.9 Å². The smallest absolute Gasteiger partial charge is 0.245 e. The lowest BCUT2D eigenvalue weighted by atomic mass is 9.77. The van der Waals surface area contributed by atoms with E-state index in [0.717, 1.165) is 42.1 Å². The maximum Gasteiger partial charge on any atom is 0.245 e. The standard InChI is InChI=1S/C23H24N2O4/c26-22-23(14-27-19-13-21-20(12-17(19)23)28-15-29-21)16-6-1-2-7-18(16)25(22)11-5-10-24-8-3-4-9-24/h1-2,6-7,12-13H,3-5,8-11,14-15H2. The number of hydrogen-bond acceptors (Lipinski definition) is 5. The minimum Gasteiger partial charge on any atom is -0.491 e. The fraction of sp³-hybridized carbons (Fsp3) is 0.435. The minimum absolute atomic E-state index is 0.109. The summed E-state index contributed by atoms with van der Waals surface area (Å²) in [4.78, 5) is 18.3. The van der Waals surface area contributed by atoms with Crippen molar-refractivity contribution in [2.24, 2.45) is 0 Å². The number of carbonyl (C=O) groups is 1. The third-order valence-corrected chi connectivity index (χ3v) is 6.70. The van der Waals surface area contributed by atoms with Crippen molar-refractivity contribution in [1.29, 1.82) is 0 Å². The number of fused-ring (bicyclic) bond motifs is 5. The molecule has 1 saturated heterocycles. The van der Waals surface area contributed by atoms with Crippen molar-refractivity contribution in [2.45, 2.75) is 24.7 Å². The van der Waals surface area contributed by atoms with Crippen LogP contribution in [0.15, 0.2) is 36.4 Å². The van der Waals surface area contributed by atoms with Gasteiger partial charge in [-0.25, -0.2) is 0 Å². The third kappa shape index (κ3) is 2.42. The Morgan fingerprint density at radius 2 is 1.69 bits per heavy atom. The van der Waals surface area contributed by atoms with Crippen molar-refractivity contribution in [3.05, 3.63) is 47.5 Å². The third-order valence-electron chi connectivity index (χ3n) is 6.70. The predicted molar refractivity (Wildman–Crippen MR) is 108 cm³/mol. The van der Waals surface area contributed by atoms with Gasteiger partial charge in [0.1, 0.15) is 17.8 Å². The van der Waals surface area contributed by atoms with Crippen LogP contribution in [0, 0.1) is 0 Å². The van der Waals surface area contributed by atoms with Crippen LogP contribution in [0.5, 0.6) is 17.2 Å². The summed E-state index contributed by atoms with van der Waals surface area (Å²) in [7, 11) is 0. The zero-order valence-electron chi connectivity index (χ0n) is 16.4. The SMILES string of the molecule is O=C1N(CCCN2CCCC2)c2ccccc2C12COc1cc3c(cc12)OCO3. The number of rotatable bonds is 4. The highest BCUT2D eigenvalue weighted by Crippen LogP contribution is 2.54. The molecule has 1 atom stereocenters. The van der Waals surface area contributed by atoms with Gasteiger partial charge in [-0.15, -0.1) is 0 Å². The second kappa shape index (κ2) is 6.39. The molecule has 1 spiro atoms. The Morgan fingerprint density at radius 1 is 0.897 bits per heavy atom. The first-order valence-corrected chi connectivity index (χ1v) is 10.5. The number of hydrogen-bond donors (Lipinski definition) is 0. The van der Waals surface area contributed by atoms with Gasteiger partial charge >= 0.3 is 0 Å². The van der Waals surface area contributed by atoms with Crippen molar-refractivity contribution in [3.63, 3.8) is 0 Å². The normalized spacial score (nSPS) is 24.3. The topological polar surface area (TPSA) is 51.2 Å². The quantitative estimate of drug-likeness (QED) is 0.801. The van der Waals surface area contributed by atoms with E-state index in [1.54, 1.807) is 0 Å². The number of benzene rings is 2. The molecular weight excluding hydrogens is 368 g/mol. The molecule has 0 radical (unpaired) electrons. The van der Waals surface area contributed by atoms with Crippen LogP contribution in [0.1, 0.15) is 30.4 Å². The van der Waals surface area contributed by atoms with E-state index in [9.17, 15) is 4.79 Å². The monoisotopic (exact) mass is 392 g/mol. The molecule has 1 unspecified atom stereocenters. The molecule has 6 heteroatoms. The molecule has 0 aromatic heterocycles. The van der Waals surface area contributed by atoms with Crippen molar-refractivity contribution >= 4 is 11.6 Å². The van der Waals surface area contributed by atoms with E-state index in [-0.39, 0.29) is 12.7 Å². The summed E-state index contributed by atoms with van der Waals surface area (Å²) in [5.74, 6) is 2.20. The molecule has 0 bridgehead atoms. The maximum absolute atomic E-state index is 13.8. The average Bonchev–Trinajstić information content (AvgIpc) is 3.51. The van der Waals surface area contributed by atoms with Gasteiger partial charge in [-0.05, 0) is 56.6 Å². The van der Waals surface area contributed by atoms with E-state index in [1.807, 2.05) is 29.2 Å². The lowest BCUT2D eigenvalue weighted by Gasteiger charge is -2.24. The van der Waals surface area contributed by atoms with Crippen LogP contribution in [-0.2, 0) is 10.2 Å². The van der Waals surface area contributed by atoms with Crippen LogP contribution in [-0.4, -0.2) is 50.4 Å². The Balaban J connectivity index is 1.36. The lowest BCUT2D eigenvalue weighted by Crippen LogP contribution is -2.43. The van der Waals surface area contributed by atoms with Crippen LogP contribution in [0.4, 0.5) is 5.69 Å². The summed E-state index contributed by atoms with van der Waals surface area (Å²) >= 11 is 0. The molecule has 2 aromatic rings. The lowest BCUT2D eigenvalue weighted by molar-refractivity contribution is -0.122. The van der Waals surface area contributed by atoms with Gasteiger partial charge in [-0.1, -0.05) is 18.2 Å². The molecular formula is C23H24N2O4. The molecule has 0 aliphatic carbocycles. The van der Waals surface area contributed by atoms with Crippen LogP contribution in [0.3, 0.4) is 0 Å². The summed E-state index contributed by atoms with van der Waals surface area (Å²) in [6, 6.07) is 11.9. The zero-order chi connectivity index (χ0) is 19.4. The summed E-state index contributed by atoms with van der Waals surface area (Å²) < 4.78 is 17.1. The first-order chi connectivity index (χ1) is 14.3. The highest BCUT2D eigenvalue weighted by molar-refractivity contribution is 6.11. The van der Waals surface area contributed by atoms with Gasteiger partial charge in [0.05, 0.1) is 0 Å². The molecule has 2 aromatic carbocycles. The number of likely N-dealkylation sites (tertiary alicyclic amines) is 1. The van der Waals surface area contributed by atoms with Crippen molar-refractivity contribution in [1.82, 2.24) is 4.90 Å². The Hall–Kier alpha value is -2.73. The Morgan fingerprint density at radius 3 is 2.55 bits per heavy atom. The van der Waals surface area contributed by atoms with Crippen LogP contribution in [0.2, 0.25) is 0 Å². The van der Waals surface area contributed by atoms with Crippen LogP contribution >= 0.6 is 0 Å². The van der Waals surface area contributed by atoms with Gasteiger partial charge in [-0.3, -0.25) is 4.79 Å². The highest BCUT2D eigenvalue weighted by atomic mass is 16.7. The molecule has 150 valence electrons. The molecule has 1 amide bonds. The summed E-state index contributed by atoms with van der Waals surface area (Å²) in [5, 5.41) is 0. The largest absolute Gasteiger partial charge is 0.491 e. The van der Waals surface area contributed by atoms with Gasteiger partial charge in [0.25, 0.3) is 0 Å². The molecule has 0 saturated carbocycles. The summed E-state index contributed by atoms with van der Waals surface area (Å²) in [5.41, 5.74) is 2.14. The first kappa shape index (κ1) is 17.2. The van der Waals surface area contributed by atoms with E-state index in [4.69, 9.17) is 14.2 Å². The molecule has 0 N–H and O–H groups in total. The molecule has 1 fully saturated rings. The maximum atomic E-state index is 13.8. The van der Waals surface area contributed by atoms with Gasteiger partial charge in [-0.2, -0.15) is 0 Å². The fourth-order valence-corrected chi connectivity index (χ4v) is 5.25. The van der Waals surface area contributed by atoms with Gasteiger partial charge in [0, 0.05) is 23.9 Å². The van der Waals surface area contributed by atoms with Gasteiger partial charge in [0.15, 0.2) is 11.5 Å². The zero-order valence-corrected chi connectivity index (χ0v) is 16.4.